The maximum atomic E-state index is 12.2. The molecule has 0 atom stereocenters. The number of rotatable bonds is 3. The van der Waals surface area contributed by atoms with E-state index in [1.807, 2.05) is 0 Å². The lowest BCUT2D eigenvalue weighted by Gasteiger charge is -2.04. The minimum Gasteiger partial charge on any atom is -0.289 e. The Balaban J connectivity index is 2.51. The molecule has 0 amide bonds. The van der Waals surface area contributed by atoms with Gasteiger partial charge in [0.2, 0.25) is 6.29 Å². The van der Waals surface area contributed by atoms with Gasteiger partial charge in [-0.25, -0.2) is 0 Å². The Morgan fingerprint density at radius 1 is 0.941 bits per heavy atom. The summed E-state index contributed by atoms with van der Waals surface area (Å²) in [5.74, 6) is -0.269. The molecular weight excluding hydrogens is 236 g/mol. The van der Waals surface area contributed by atoms with Crippen molar-refractivity contribution < 1.29 is 9.59 Å². The largest absolute Gasteiger partial charge is 0.289 e. The molecule has 0 saturated carbocycles. The molecule has 3 heteroatoms. The molecule has 0 aromatic heterocycles. The Morgan fingerprint density at radius 3 is 2.18 bits per heavy atom. The van der Waals surface area contributed by atoms with Gasteiger partial charge in [-0.15, -0.1) is 0 Å². The maximum Gasteiger partial charge on any atom is 0.234 e. The Labute approximate surface area is 104 Å². The van der Waals surface area contributed by atoms with Gasteiger partial charge < -0.3 is 0 Å². The van der Waals surface area contributed by atoms with Gasteiger partial charge in [0.1, 0.15) is 0 Å². The van der Waals surface area contributed by atoms with Crippen molar-refractivity contribution in [3.05, 3.63) is 70.2 Å². The quantitative estimate of drug-likeness (QED) is 0.777. The number of carbonyl (C=O) groups excluding carboxylic acids is 2. The van der Waals surface area contributed by atoms with Gasteiger partial charge in [0.25, 0.3) is 0 Å². The summed E-state index contributed by atoms with van der Waals surface area (Å²) < 4.78 is 0. The fourth-order valence-electron chi connectivity index (χ4n) is 1.56. The van der Waals surface area contributed by atoms with Crippen LogP contribution in [0.5, 0.6) is 0 Å². The van der Waals surface area contributed by atoms with Crippen LogP contribution in [0.2, 0.25) is 5.02 Å². The number of carbonyl (C=O) groups is 1. The fraction of sp³-hybridized carbons (Fsp3) is 0. The van der Waals surface area contributed by atoms with E-state index in [9.17, 15) is 9.59 Å². The van der Waals surface area contributed by atoms with E-state index in [-0.39, 0.29) is 11.3 Å². The molecule has 0 bridgehead atoms. The normalized spacial score (nSPS) is 9.94. The van der Waals surface area contributed by atoms with Crippen LogP contribution in [0.1, 0.15) is 21.5 Å². The standard InChI is InChI=1S/C14H8ClO2/c15-13-8-4-3-7-12(13)14(17)11-6-2-1-5-10(11)9-16/h1-8H. The van der Waals surface area contributed by atoms with Crippen LogP contribution in [-0.2, 0) is 4.79 Å². The zero-order valence-electron chi connectivity index (χ0n) is 8.81. The van der Waals surface area contributed by atoms with Crippen LogP contribution < -0.4 is 0 Å². The zero-order valence-corrected chi connectivity index (χ0v) is 9.57. The number of halogens is 1. The predicted molar refractivity (Wildman–Crippen MR) is 66.1 cm³/mol. The van der Waals surface area contributed by atoms with E-state index in [0.29, 0.717) is 16.1 Å². The number of hydrogen-bond acceptors (Lipinski definition) is 2. The Kier molecular flexibility index (Phi) is 3.35. The lowest BCUT2D eigenvalue weighted by atomic mass is 9.99. The van der Waals surface area contributed by atoms with Crippen LogP contribution in [0.25, 0.3) is 0 Å². The fourth-order valence-corrected chi connectivity index (χ4v) is 1.78. The molecule has 0 aliphatic heterocycles. The smallest absolute Gasteiger partial charge is 0.234 e. The molecule has 0 aliphatic rings. The average molecular weight is 244 g/mol. The van der Waals surface area contributed by atoms with Gasteiger partial charge in [-0.2, -0.15) is 0 Å². The van der Waals surface area contributed by atoms with Crippen molar-refractivity contribution in [2.45, 2.75) is 0 Å². The third kappa shape index (κ3) is 2.27. The Hall–Kier alpha value is -1.93. The third-order valence-corrected chi connectivity index (χ3v) is 2.73. The van der Waals surface area contributed by atoms with E-state index in [2.05, 4.69) is 0 Å². The maximum absolute atomic E-state index is 12.2. The summed E-state index contributed by atoms with van der Waals surface area (Å²) in [7, 11) is 0. The van der Waals surface area contributed by atoms with Crippen LogP contribution in [0.3, 0.4) is 0 Å². The lowest BCUT2D eigenvalue weighted by molar-refractivity contribution is 0.103. The van der Waals surface area contributed by atoms with Crippen LogP contribution in [0.4, 0.5) is 0 Å². The van der Waals surface area contributed by atoms with Gasteiger partial charge in [-0.05, 0) is 12.1 Å². The molecule has 2 rings (SSSR count). The first kappa shape index (κ1) is 11.6. The number of hydrogen-bond donors (Lipinski definition) is 0. The average Bonchev–Trinajstić information content (AvgIpc) is 2.38. The Bertz CT molecular complexity index is 576. The monoisotopic (exact) mass is 243 g/mol. The minimum absolute atomic E-state index is 0.248. The highest BCUT2D eigenvalue weighted by atomic mass is 35.5. The van der Waals surface area contributed by atoms with Crippen molar-refractivity contribution in [3.8, 4) is 0 Å². The summed E-state index contributed by atoms with van der Waals surface area (Å²) in [6.07, 6.45) is 1.75. The molecule has 17 heavy (non-hydrogen) atoms. The molecule has 83 valence electrons. The summed E-state index contributed by atoms with van der Waals surface area (Å²) in [5, 5.41) is 0.373. The number of ketones is 1. The molecule has 0 spiro atoms. The second-order valence-electron chi connectivity index (χ2n) is 3.46. The van der Waals surface area contributed by atoms with Crippen molar-refractivity contribution in [2.24, 2.45) is 0 Å². The van der Waals surface area contributed by atoms with Gasteiger partial charge in [-0.3, -0.25) is 9.59 Å². The molecule has 1 radical (unpaired) electrons. The minimum atomic E-state index is -0.269. The molecule has 0 saturated heterocycles. The summed E-state index contributed by atoms with van der Waals surface area (Å²) in [6.45, 7) is 0. The molecular formula is C14H8ClO2. The van der Waals surface area contributed by atoms with Crippen molar-refractivity contribution in [1.82, 2.24) is 0 Å². The zero-order chi connectivity index (χ0) is 12.3. The van der Waals surface area contributed by atoms with E-state index in [4.69, 9.17) is 11.6 Å². The second-order valence-corrected chi connectivity index (χ2v) is 3.86. The van der Waals surface area contributed by atoms with E-state index in [0.717, 1.165) is 0 Å². The van der Waals surface area contributed by atoms with Crippen LogP contribution >= 0.6 is 11.6 Å². The van der Waals surface area contributed by atoms with Crippen molar-refractivity contribution in [2.75, 3.05) is 0 Å². The van der Waals surface area contributed by atoms with E-state index >= 15 is 0 Å². The molecule has 2 nitrogen and oxygen atoms in total. The SMILES string of the molecule is O=[C]c1ccccc1C(=O)c1ccccc1Cl. The highest BCUT2D eigenvalue weighted by molar-refractivity contribution is 6.35. The molecule has 0 N–H and O–H groups in total. The Morgan fingerprint density at radius 2 is 1.53 bits per heavy atom. The van der Waals surface area contributed by atoms with E-state index in [1.54, 1.807) is 54.8 Å². The predicted octanol–water partition coefficient (Wildman–Crippen LogP) is 3.03. The summed E-state index contributed by atoms with van der Waals surface area (Å²) in [6, 6.07) is 13.3. The van der Waals surface area contributed by atoms with Gasteiger partial charge in [0, 0.05) is 16.7 Å². The van der Waals surface area contributed by atoms with Gasteiger partial charge >= 0.3 is 0 Å². The molecule has 0 fully saturated rings. The first-order chi connectivity index (χ1) is 8.24. The second kappa shape index (κ2) is 4.93. The highest BCUT2D eigenvalue weighted by Gasteiger charge is 2.15. The topological polar surface area (TPSA) is 34.1 Å². The first-order valence-corrected chi connectivity index (χ1v) is 5.38. The van der Waals surface area contributed by atoms with Crippen molar-refractivity contribution >= 4 is 23.7 Å². The van der Waals surface area contributed by atoms with Crippen molar-refractivity contribution in [1.29, 1.82) is 0 Å². The summed E-state index contributed by atoms with van der Waals surface area (Å²) in [4.78, 5) is 22.9. The highest BCUT2D eigenvalue weighted by Crippen LogP contribution is 2.20. The lowest BCUT2D eigenvalue weighted by Crippen LogP contribution is -2.05. The summed E-state index contributed by atoms with van der Waals surface area (Å²) in [5.41, 5.74) is 0.949. The van der Waals surface area contributed by atoms with Gasteiger partial charge in [-0.1, -0.05) is 48.0 Å². The van der Waals surface area contributed by atoms with E-state index in [1.165, 1.54) is 0 Å². The van der Waals surface area contributed by atoms with Crippen LogP contribution in [0, 0.1) is 0 Å². The van der Waals surface area contributed by atoms with Crippen LogP contribution in [-0.4, -0.2) is 12.1 Å². The molecule has 0 heterocycles. The summed E-state index contributed by atoms with van der Waals surface area (Å²) >= 11 is 5.95. The molecule has 0 unspecified atom stereocenters. The van der Waals surface area contributed by atoms with Crippen molar-refractivity contribution in [3.63, 3.8) is 0 Å². The first-order valence-electron chi connectivity index (χ1n) is 5.00. The van der Waals surface area contributed by atoms with Gasteiger partial charge in [0.15, 0.2) is 5.78 Å². The molecule has 2 aromatic carbocycles. The molecule has 2 aromatic rings. The third-order valence-electron chi connectivity index (χ3n) is 2.40. The van der Waals surface area contributed by atoms with E-state index < -0.39 is 0 Å². The van der Waals surface area contributed by atoms with Crippen LogP contribution in [0.15, 0.2) is 48.5 Å². The van der Waals surface area contributed by atoms with Gasteiger partial charge in [0.05, 0.1) is 5.02 Å². The molecule has 0 aliphatic carbocycles. The number of benzene rings is 2.